The summed E-state index contributed by atoms with van der Waals surface area (Å²) in [6.45, 7) is 2.53. The van der Waals surface area contributed by atoms with Crippen LogP contribution in [0, 0.1) is 6.92 Å². The number of benzene rings is 2. The zero-order valence-corrected chi connectivity index (χ0v) is 14.9. The van der Waals surface area contributed by atoms with Crippen molar-refractivity contribution in [2.24, 2.45) is 0 Å². The third-order valence-corrected chi connectivity index (χ3v) is 5.05. The van der Waals surface area contributed by atoms with Crippen molar-refractivity contribution in [2.45, 2.75) is 13.0 Å². The first-order chi connectivity index (χ1) is 11.7. The molecule has 0 aliphatic rings. The van der Waals surface area contributed by atoms with Crippen molar-refractivity contribution in [1.82, 2.24) is 4.98 Å². The first-order valence-electron chi connectivity index (χ1n) is 7.78. The van der Waals surface area contributed by atoms with Crippen LogP contribution in [0.4, 0.5) is 5.69 Å². The fraction of sp³-hybridized carbons (Fsp3) is 0.211. The van der Waals surface area contributed by atoms with E-state index < -0.39 is 6.10 Å². The maximum absolute atomic E-state index is 9.57. The molecule has 0 saturated heterocycles. The van der Waals surface area contributed by atoms with Gasteiger partial charge in [-0.15, -0.1) is 22.9 Å². The molecule has 0 saturated carbocycles. The van der Waals surface area contributed by atoms with E-state index in [0.717, 1.165) is 27.5 Å². The molecular weight excluding hydrogens is 340 g/mol. The second-order valence-electron chi connectivity index (χ2n) is 5.56. The average Bonchev–Trinajstić information content (AvgIpc) is 3.02. The van der Waals surface area contributed by atoms with Gasteiger partial charge in [0.25, 0.3) is 0 Å². The van der Waals surface area contributed by atoms with Crippen LogP contribution >= 0.6 is 22.9 Å². The molecule has 3 rings (SSSR count). The Kier molecular flexibility index (Phi) is 5.51. The van der Waals surface area contributed by atoms with Gasteiger partial charge in [0.15, 0.2) is 0 Å². The predicted molar refractivity (Wildman–Crippen MR) is 103 cm³/mol. The molecule has 0 aliphatic heterocycles. The highest BCUT2D eigenvalue weighted by Gasteiger charge is 2.11. The maximum atomic E-state index is 9.57. The Morgan fingerprint density at radius 3 is 2.62 bits per heavy atom. The number of alkyl halides is 1. The largest absolute Gasteiger partial charge is 0.390 e. The molecule has 1 unspecified atom stereocenters. The van der Waals surface area contributed by atoms with Gasteiger partial charge in [-0.25, -0.2) is 4.98 Å². The Bertz CT molecular complexity index is 804. The Labute approximate surface area is 151 Å². The predicted octanol–water partition coefficient (Wildman–Crippen LogP) is 4.80. The number of nitrogens with one attached hydrogen (secondary N) is 1. The minimum atomic E-state index is -0.554. The van der Waals surface area contributed by atoms with E-state index in [1.54, 1.807) is 11.3 Å². The number of thiazole rings is 1. The highest BCUT2D eigenvalue weighted by molar-refractivity contribution is 7.15. The molecule has 1 heterocycles. The van der Waals surface area contributed by atoms with Crippen LogP contribution in [0.1, 0.15) is 4.88 Å². The van der Waals surface area contributed by atoms with Gasteiger partial charge in [-0.3, -0.25) is 0 Å². The van der Waals surface area contributed by atoms with Gasteiger partial charge >= 0.3 is 0 Å². The van der Waals surface area contributed by atoms with Crippen molar-refractivity contribution in [2.75, 3.05) is 17.7 Å². The van der Waals surface area contributed by atoms with E-state index in [1.165, 1.54) is 4.88 Å². The van der Waals surface area contributed by atoms with Crippen LogP contribution in [0.25, 0.3) is 21.8 Å². The molecule has 0 aliphatic carbocycles. The third-order valence-electron chi connectivity index (χ3n) is 3.67. The highest BCUT2D eigenvalue weighted by atomic mass is 35.5. The Balaban J connectivity index is 1.85. The standard InChI is InChI=1S/C19H19ClN2OS/c1-13-18(14-6-3-2-4-7-14)22-19(24-13)15-8-5-9-16(10-15)21-12-17(23)11-20/h2-10,17,21,23H,11-12H2,1H3. The highest BCUT2D eigenvalue weighted by Crippen LogP contribution is 2.33. The number of halogens is 1. The van der Waals surface area contributed by atoms with Gasteiger partial charge in [-0.1, -0.05) is 42.5 Å². The average molecular weight is 359 g/mol. The molecular formula is C19H19ClN2OS. The quantitative estimate of drug-likeness (QED) is 0.622. The normalized spacial score (nSPS) is 12.1. The second-order valence-corrected chi connectivity index (χ2v) is 7.07. The van der Waals surface area contributed by atoms with E-state index in [0.29, 0.717) is 6.54 Å². The van der Waals surface area contributed by atoms with Crippen LogP contribution < -0.4 is 5.32 Å². The number of aliphatic hydroxyl groups excluding tert-OH is 1. The lowest BCUT2D eigenvalue weighted by Crippen LogP contribution is -2.20. The minimum absolute atomic E-state index is 0.221. The zero-order chi connectivity index (χ0) is 16.9. The Hall–Kier alpha value is -1.88. The van der Waals surface area contributed by atoms with Crippen molar-refractivity contribution >= 4 is 28.6 Å². The lowest BCUT2D eigenvalue weighted by Gasteiger charge is -2.10. The van der Waals surface area contributed by atoms with E-state index in [9.17, 15) is 5.11 Å². The Morgan fingerprint density at radius 1 is 1.12 bits per heavy atom. The molecule has 3 aromatic rings. The van der Waals surface area contributed by atoms with E-state index in [-0.39, 0.29) is 5.88 Å². The number of hydrogen-bond acceptors (Lipinski definition) is 4. The van der Waals surface area contributed by atoms with E-state index in [2.05, 4.69) is 30.4 Å². The lowest BCUT2D eigenvalue weighted by atomic mass is 10.1. The summed E-state index contributed by atoms with van der Waals surface area (Å²) in [6.07, 6.45) is -0.554. The Morgan fingerprint density at radius 2 is 1.88 bits per heavy atom. The SMILES string of the molecule is Cc1sc(-c2cccc(NCC(O)CCl)c2)nc1-c1ccccc1. The molecule has 124 valence electrons. The van der Waals surface area contributed by atoms with E-state index >= 15 is 0 Å². The van der Waals surface area contributed by atoms with Gasteiger partial charge in [0.05, 0.1) is 17.7 Å². The smallest absolute Gasteiger partial charge is 0.124 e. The third kappa shape index (κ3) is 3.96. The van der Waals surface area contributed by atoms with Gasteiger partial charge in [0.2, 0.25) is 0 Å². The van der Waals surface area contributed by atoms with Crippen molar-refractivity contribution in [3.8, 4) is 21.8 Å². The van der Waals surface area contributed by atoms with Crippen LogP contribution in [0.2, 0.25) is 0 Å². The summed E-state index contributed by atoms with van der Waals surface area (Å²) in [5, 5.41) is 13.8. The van der Waals surface area contributed by atoms with Crippen LogP contribution in [0.3, 0.4) is 0 Å². The topological polar surface area (TPSA) is 45.1 Å². The summed E-state index contributed by atoms with van der Waals surface area (Å²) in [4.78, 5) is 6.02. The van der Waals surface area contributed by atoms with Crippen molar-refractivity contribution in [1.29, 1.82) is 0 Å². The van der Waals surface area contributed by atoms with Crippen LogP contribution in [0.15, 0.2) is 54.6 Å². The molecule has 0 amide bonds. The second kappa shape index (κ2) is 7.79. The number of nitrogens with zero attached hydrogens (tertiary/aromatic N) is 1. The van der Waals surface area contributed by atoms with Crippen LogP contribution in [-0.2, 0) is 0 Å². The van der Waals surface area contributed by atoms with Crippen molar-refractivity contribution < 1.29 is 5.11 Å². The lowest BCUT2D eigenvalue weighted by molar-refractivity contribution is 0.211. The van der Waals surface area contributed by atoms with Crippen molar-refractivity contribution in [3.05, 3.63) is 59.5 Å². The van der Waals surface area contributed by atoms with E-state index in [4.69, 9.17) is 16.6 Å². The molecule has 0 bridgehead atoms. The maximum Gasteiger partial charge on any atom is 0.124 e. The fourth-order valence-corrected chi connectivity index (χ4v) is 3.48. The summed E-state index contributed by atoms with van der Waals surface area (Å²) in [5.74, 6) is 0.221. The summed E-state index contributed by atoms with van der Waals surface area (Å²) in [7, 11) is 0. The van der Waals surface area contributed by atoms with Gasteiger partial charge < -0.3 is 10.4 Å². The number of rotatable bonds is 6. The fourth-order valence-electron chi connectivity index (χ4n) is 2.44. The van der Waals surface area contributed by atoms with Gasteiger partial charge in [0, 0.05) is 28.2 Å². The molecule has 2 N–H and O–H groups in total. The van der Waals surface area contributed by atoms with Gasteiger partial charge in [0.1, 0.15) is 5.01 Å². The first kappa shape index (κ1) is 17.0. The molecule has 0 radical (unpaired) electrons. The molecule has 1 atom stereocenters. The number of hydrogen-bond donors (Lipinski definition) is 2. The minimum Gasteiger partial charge on any atom is -0.390 e. The molecule has 5 heteroatoms. The van der Waals surface area contributed by atoms with Gasteiger partial charge in [-0.05, 0) is 19.1 Å². The number of anilines is 1. The van der Waals surface area contributed by atoms with Crippen LogP contribution in [-0.4, -0.2) is 28.6 Å². The molecule has 0 spiro atoms. The summed E-state index contributed by atoms with van der Waals surface area (Å²) in [5.41, 5.74) is 4.19. The number of aryl methyl sites for hydroxylation is 1. The number of aliphatic hydroxyl groups is 1. The molecule has 1 aromatic heterocycles. The molecule has 0 fully saturated rings. The van der Waals surface area contributed by atoms with Crippen LogP contribution in [0.5, 0.6) is 0 Å². The zero-order valence-electron chi connectivity index (χ0n) is 13.4. The summed E-state index contributed by atoms with van der Waals surface area (Å²) >= 11 is 7.32. The van der Waals surface area contributed by atoms with Gasteiger partial charge in [-0.2, -0.15) is 0 Å². The summed E-state index contributed by atoms with van der Waals surface area (Å²) < 4.78 is 0. The first-order valence-corrected chi connectivity index (χ1v) is 9.13. The van der Waals surface area contributed by atoms with Crippen molar-refractivity contribution in [3.63, 3.8) is 0 Å². The molecule has 3 nitrogen and oxygen atoms in total. The van der Waals surface area contributed by atoms with E-state index in [1.807, 2.05) is 36.4 Å². The number of aromatic nitrogens is 1. The molecule has 2 aromatic carbocycles. The molecule has 24 heavy (non-hydrogen) atoms. The monoisotopic (exact) mass is 358 g/mol. The summed E-state index contributed by atoms with van der Waals surface area (Å²) in [6, 6.07) is 18.3.